The first-order valence-corrected chi connectivity index (χ1v) is 7.00. The molecular weight excluding hydrogens is 310 g/mol. The largest absolute Gasteiger partial charge is 0.288 e. The van der Waals surface area contributed by atoms with Crippen molar-refractivity contribution in [2.45, 2.75) is 4.90 Å². The minimum absolute atomic E-state index is 0.0713. The molecule has 0 bridgehead atoms. The maximum Gasteiger partial charge on any atom is 0.200 e. The Labute approximate surface area is 117 Å². The van der Waals surface area contributed by atoms with Crippen molar-refractivity contribution in [1.82, 2.24) is 4.98 Å². The van der Waals surface area contributed by atoms with E-state index in [1.807, 2.05) is 42.5 Å². The molecule has 0 amide bonds. The number of hydrogen-bond donors (Lipinski definition) is 0. The summed E-state index contributed by atoms with van der Waals surface area (Å²) in [5.74, 6) is 0.0713. The monoisotopic (exact) mass is 317 g/mol. The molecule has 0 saturated heterocycles. The molecule has 0 radical (unpaired) electrons. The second kappa shape index (κ2) is 4.71. The molecule has 1 aliphatic heterocycles. The van der Waals surface area contributed by atoms with Crippen molar-refractivity contribution in [2.75, 3.05) is 0 Å². The summed E-state index contributed by atoms with van der Waals surface area (Å²) in [7, 11) is 0. The van der Waals surface area contributed by atoms with Gasteiger partial charge in [-0.05, 0) is 46.3 Å². The van der Waals surface area contributed by atoms with E-state index in [0.29, 0.717) is 0 Å². The van der Waals surface area contributed by atoms with E-state index < -0.39 is 0 Å². The van der Waals surface area contributed by atoms with E-state index in [2.05, 4.69) is 20.9 Å². The quantitative estimate of drug-likeness (QED) is 0.739. The highest BCUT2D eigenvalue weighted by atomic mass is 79.9. The molecule has 1 aromatic heterocycles. The number of rotatable bonds is 1. The van der Waals surface area contributed by atoms with Crippen LogP contribution in [0.4, 0.5) is 0 Å². The minimum Gasteiger partial charge on any atom is -0.288 e. The number of Topliss-reactive ketones (excluding diaryl/α,β-unsaturated/α-hetero) is 1. The normalized spacial score (nSPS) is 16.1. The number of carbonyl (C=O) groups is 1. The zero-order valence-electron chi connectivity index (χ0n) is 9.26. The number of benzene rings is 1. The molecule has 2 nitrogen and oxygen atoms in total. The Kier molecular flexibility index (Phi) is 3.06. The van der Waals surface area contributed by atoms with Gasteiger partial charge in [0.2, 0.25) is 5.78 Å². The molecule has 0 atom stereocenters. The van der Waals surface area contributed by atoms with Crippen LogP contribution < -0.4 is 0 Å². The van der Waals surface area contributed by atoms with Crippen molar-refractivity contribution in [3.05, 3.63) is 63.2 Å². The number of ketones is 1. The molecule has 0 spiro atoms. The number of nitrogens with zero attached hydrogens (tertiary/aromatic N) is 1. The van der Waals surface area contributed by atoms with Crippen LogP contribution in [0.15, 0.2) is 56.9 Å². The molecule has 0 aliphatic carbocycles. The molecule has 88 valence electrons. The third kappa shape index (κ3) is 2.02. The van der Waals surface area contributed by atoms with Crippen LogP contribution in [0.25, 0.3) is 6.08 Å². The van der Waals surface area contributed by atoms with Crippen LogP contribution in [0.3, 0.4) is 0 Å². The van der Waals surface area contributed by atoms with Gasteiger partial charge < -0.3 is 0 Å². The SMILES string of the molecule is O=C1/C(=C/c2ccccn2)Sc2c(Br)cccc21. The maximum atomic E-state index is 12.2. The van der Waals surface area contributed by atoms with E-state index in [-0.39, 0.29) is 5.78 Å². The minimum atomic E-state index is 0.0713. The van der Waals surface area contributed by atoms with E-state index >= 15 is 0 Å². The summed E-state index contributed by atoms with van der Waals surface area (Å²) in [5.41, 5.74) is 1.56. The van der Waals surface area contributed by atoms with Crippen LogP contribution in [-0.4, -0.2) is 10.8 Å². The number of hydrogen-bond acceptors (Lipinski definition) is 3. The third-order valence-electron chi connectivity index (χ3n) is 2.61. The molecule has 1 aromatic carbocycles. The van der Waals surface area contributed by atoms with E-state index in [0.717, 1.165) is 25.5 Å². The average Bonchev–Trinajstić information content (AvgIpc) is 2.70. The highest BCUT2D eigenvalue weighted by Gasteiger charge is 2.27. The molecule has 0 saturated carbocycles. The standard InChI is InChI=1S/C14H8BrNOS/c15-11-6-3-5-10-13(17)12(18-14(10)11)8-9-4-1-2-7-16-9/h1-8H/b12-8-. The smallest absolute Gasteiger partial charge is 0.200 e. The number of fused-ring (bicyclic) bond motifs is 1. The van der Waals surface area contributed by atoms with Crippen LogP contribution >= 0.6 is 27.7 Å². The summed E-state index contributed by atoms with van der Waals surface area (Å²) in [5, 5.41) is 0. The van der Waals surface area contributed by atoms with E-state index in [9.17, 15) is 4.79 Å². The van der Waals surface area contributed by atoms with Crippen molar-refractivity contribution < 1.29 is 4.79 Å². The van der Waals surface area contributed by atoms with Crippen molar-refractivity contribution >= 4 is 39.6 Å². The van der Waals surface area contributed by atoms with Gasteiger partial charge in [0.05, 0.1) is 10.6 Å². The van der Waals surface area contributed by atoms with Gasteiger partial charge in [0.15, 0.2) is 0 Å². The predicted molar refractivity (Wildman–Crippen MR) is 76.5 cm³/mol. The molecule has 2 aromatic rings. The van der Waals surface area contributed by atoms with Gasteiger partial charge in [0.1, 0.15) is 0 Å². The highest BCUT2D eigenvalue weighted by molar-refractivity contribution is 9.10. The first kappa shape index (κ1) is 11.7. The first-order chi connectivity index (χ1) is 8.75. The molecule has 1 aliphatic rings. The fourth-order valence-electron chi connectivity index (χ4n) is 1.77. The summed E-state index contributed by atoms with van der Waals surface area (Å²) in [4.78, 5) is 18.1. The lowest BCUT2D eigenvalue weighted by Crippen LogP contribution is -1.94. The molecule has 18 heavy (non-hydrogen) atoms. The number of pyridine rings is 1. The first-order valence-electron chi connectivity index (χ1n) is 5.39. The summed E-state index contributed by atoms with van der Waals surface area (Å²) in [6.45, 7) is 0. The van der Waals surface area contributed by atoms with Crippen molar-refractivity contribution in [3.63, 3.8) is 0 Å². The Morgan fingerprint density at radius 3 is 2.78 bits per heavy atom. The zero-order chi connectivity index (χ0) is 12.5. The summed E-state index contributed by atoms with van der Waals surface area (Å²) in [6, 6.07) is 11.3. The molecule has 3 rings (SSSR count). The molecule has 0 unspecified atom stereocenters. The van der Waals surface area contributed by atoms with Crippen molar-refractivity contribution in [1.29, 1.82) is 0 Å². The number of aromatic nitrogens is 1. The second-order valence-corrected chi connectivity index (χ2v) is 5.72. The summed E-state index contributed by atoms with van der Waals surface area (Å²) >= 11 is 4.96. The second-order valence-electron chi connectivity index (χ2n) is 3.81. The lowest BCUT2D eigenvalue weighted by atomic mass is 10.1. The number of thioether (sulfide) groups is 1. The van der Waals surface area contributed by atoms with E-state index in [4.69, 9.17) is 0 Å². The number of allylic oxidation sites excluding steroid dienone is 1. The van der Waals surface area contributed by atoms with E-state index in [1.165, 1.54) is 11.8 Å². The fourth-order valence-corrected chi connectivity index (χ4v) is 3.42. The summed E-state index contributed by atoms with van der Waals surface area (Å²) in [6.07, 6.45) is 3.55. The lowest BCUT2D eigenvalue weighted by molar-refractivity contribution is 0.104. The molecule has 4 heteroatoms. The predicted octanol–water partition coefficient (Wildman–Crippen LogP) is 4.17. The molecule has 2 heterocycles. The Morgan fingerprint density at radius 1 is 1.17 bits per heavy atom. The molecule has 0 fully saturated rings. The van der Waals surface area contributed by atoms with Gasteiger partial charge in [-0.15, -0.1) is 0 Å². The van der Waals surface area contributed by atoms with Crippen molar-refractivity contribution in [3.8, 4) is 0 Å². The average molecular weight is 318 g/mol. The van der Waals surface area contributed by atoms with E-state index in [1.54, 1.807) is 6.20 Å². The lowest BCUT2D eigenvalue weighted by Gasteiger charge is -1.96. The van der Waals surface area contributed by atoms with Crippen LogP contribution in [-0.2, 0) is 0 Å². The number of carbonyl (C=O) groups excluding carboxylic acids is 1. The fraction of sp³-hybridized carbons (Fsp3) is 0. The van der Waals surface area contributed by atoms with Gasteiger partial charge in [0, 0.05) is 21.1 Å². The van der Waals surface area contributed by atoms with Gasteiger partial charge in [0.25, 0.3) is 0 Å². The van der Waals surface area contributed by atoms with Crippen LogP contribution in [0.5, 0.6) is 0 Å². The van der Waals surface area contributed by atoms with Crippen LogP contribution in [0.2, 0.25) is 0 Å². The van der Waals surface area contributed by atoms with Crippen LogP contribution in [0.1, 0.15) is 16.1 Å². The third-order valence-corrected chi connectivity index (χ3v) is 4.70. The number of halogens is 1. The molecular formula is C14H8BrNOS. The van der Waals surface area contributed by atoms with Gasteiger partial charge in [-0.2, -0.15) is 0 Å². The summed E-state index contributed by atoms with van der Waals surface area (Å²) < 4.78 is 0.961. The Balaban J connectivity index is 2.03. The Bertz CT molecular complexity index is 652. The van der Waals surface area contributed by atoms with Crippen molar-refractivity contribution in [2.24, 2.45) is 0 Å². The van der Waals surface area contributed by atoms with Gasteiger partial charge in [-0.25, -0.2) is 0 Å². The highest BCUT2D eigenvalue weighted by Crippen LogP contribution is 2.44. The Morgan fingerprint density at radius 2 is 2.06 bits per heavy atom. The molecule has 0 N–H and O–H groups in total. The zero-order valence-corrected chi connectivity index (χ0v) is 11.7. The topological polar surface area (TPSA) is 30.0 Å². The van der Waals surface area contributed by atoms with Gasteiger partial charge in [-0.3, -0.25) is 9.78 Å². The maximum absolute atomic E-state index is 12.2. The Hall–Kier alpha value is -1.39. The van der Waals surface area contributed by atoms with Gasteiger partial charge in [-0.1, -0.05) is 23.9 Å². The van der Waals surface area contributed by atoms with Crippen LogP contribution in [0, 0.1) is 0 Å². The van der Waals surface area contributed by atoms with Gasteiger partial charge >= 0.3 is 0 Å².